The van der Waals surface area contributed by atoms with Crippen molar-refractivity contribution in [1.29, 1.82) is 0 Å². The monoisotopic (exact) mass is 298 g/mol. The molecule has 0 fully saturated rings. The molecule has 0 aliphatic carbocycles. The van der Waals surface area contributed by atoms with Crippen LogP contribution in [0, 0.1) is 16.0 Å². The normalized spacial score (nSPS) is 15.6. The van der Waals surface area contributed by atoms with Crippen molar-refractivity contribution >= 4 is 16.5 Å². The Morgan fingerprint density at radius 1 is 1.30 bits per heavy atom. The standard InChI is InChI=1S/C14H22N2O3S/c1-4-11(3)14(15-5-2)10-20(19)13-8-6-12(7-9-13)16(17)18/h6-9,11,14-15H,4-5,10H2,1-3H3. The number of nitro benzene ring substituents is 1. The molecule has 0 aliphatic heterocycles. The molecule has 0 bridgehead atoms. The SMILES string of the molecule is CCNC(CS(=O)c1ccc([N+](=O)[O-])cc1)C(C)CC. The van der Waals surface area contributed by atoms with Crippen LogP contribution in [0.3, 0.4) is 0 Å². The summed E-state index contributed by atoms with van der Waals surface area (Å²) in [7, 11) is -1.14. The molecule has 112 valence electrons. The maximum atomic E-state index is 12.3. The van der Waals surface area contributed by atoms with Crippen LogP contribution in [0.25, 0.3) is 0 Å². The van der Waals surface area contributed by atoms with Gasteiger partial charge in [-0.25, -0.2) is 0 Å². The highest BCUT2D eigenvalue weighted by Gasteiger charge is 2.19. The van der Waals surface area contributed by atoms with Gasteiger partial charge in [0.1, 0.15) is 0 Å². The van der Waals surface area contributed by atoms with Crippen LogP contribution in [-0.2, 0) is 10.8 Å². The zero-order chi connectivity index (χ0) is 15.1. The molecule has 1 rings (SSSR count). The second-order valence-electron chi connectivity index (χ2n) is 4.81. The summed E-state index contributed by atoms with van der Waals surface area (Å²) in [6, 6.07) is 6.15. The molecule has 0 saturated carbocycles. The van der Waals surface area contributed by atoms with E-state index in [9.17, 15) is 14.3 Å². The fourth-order valence-electron chi connectivity index (χ4n) is 1.95. The lowest BCUT2D eigenvalue weighted by atomic mass is 10.0. The van der Waals surface area contributed by atoms with E-state index in [2.05, 4.69) is 19.2 Å². The molecule has 0 spiro atoms. The summed E-state index contributed by atoms with van der Waals surface area (Å²) in [5.74, 6) is 0.970. The maximum absolute atomic E-state index is 12.3. The Morgan fingerprint density at radius 3 is 2.35 bits per heavy atom. The molecule has 20 heavy (non-hydrogen) atoms. The highest BCUT2D eigenvalue weighted by Crippen LogP contribution is 2.17. The number of nitrogens with zero attached hydrogens (tertiary/aromatic N) is 1. The number of hydrogen-bond donors (Lipinski definition) is 1. The predicted octanol–water partition coefficient (Wildman–Crippen LogP) is 2.73. The fraction of sp³-hybridized carbons (Fsp3) is 0.571. The first-order valence-corrected chi connectivity index (χ1v) is 8.17. The molecule has 1 aromatic carbocycles. The van der Waals surface area contributed by atoms with E-state index in [4.69, 9.17) is 0 Å². The molecule has 3 atom stereocenters. The molecule has 0 amide bonds. The molecule has 3 unspecified atom stereocenters. The molecular formula is C14H22N2O3S. The molecule has 6 heteroatoms. The summed E-state index contributed by atoms with van der Waals surface area (Å²) in [5.41, 5.74) is 0.0240. The van der Waals surface area contributed by atoms with Gasteiger partial charge in [0.25, 0.3) is 5.69 Å². The first-order chi connectivity index (χ1) is 9.49. The number of nitrogens with one attached hydrogen (secondary N) is 1. The summed E-state index contributed by atoms with van der Waals surface area (Å²) in [5, 5.41) is 14.0. The number of benzene rings is 1. The smallest absolute Gasteiger partial charge is 0.269 e. The fourth-order valence-corrected chi connectivity index (χ4v) is 3.35. The van der Waals surface area contributed by atoms with Crippen molar-refractivity contribution in [1.82, 2.24) is 5.32 Å². The Balaban J connectivity index is 2.75. The molecule has 0 aliphatic rings. The van der Waals surface area contributed by atoms with Crippen molar-refractivity contribution in [2.75, 3.05) is 12.3 Å². The Morgan fingerprint density at radius 2 is 1.90 bits per heavy atom. The van der Waals surface area contributed by atoms with Crippen LogP contribution in [0.2, 0.25) is 0 Å². The summed E-state index contributed by atoms with van der Waals surface area (Å²) in [6.45, 7) is 7.13. The molecule has 1 aromatic rings. The van der Waals surface area contributed by atoms with Gasteiger partial charge < -0.3 is 5.32 Å². The van der Waals surface area contributed by atoms with Crippen LogP contribution in [-0.4, -0.2) is 27.5 Å². The van der Waals surface area contributed by atoms with Gasteiger partial charge in [0.05, 0.1) is 15.7 Å². The van der Waals surface area contributed by atoms with Crippen molar-refractivity contribution in [2.45, 2.75) is 38.1 Å². The lowest BCUT2D eigenvalue weighted by Crippen LogP contribution is -2.39. The second kappa shape index (κ2) is 8.11. The van der Waals surface area contributed by atoms with Gasteiger partial charge in [-0.3, -0.25) is 14.3 Å². The van der Waals surface area contributed by atoms with Gasteiger partial charge in [-0.15, -0.1) is 0 Å². The van der Waals surface area contributed by atoms with Gasteiger partial charge in [-0.2, -0.15) is 0 Å². The summed E-state index contributed by atoms with van der Waals surface area (Å²) < 4.78 is 12.3. The Bertz CT molecular complexity index is 462. The van der Waals surface area contributed by atoms with E-state index in [0.717, 1.165) is 13.0 Å². The lowest BCUT2D eigenvalue weighted by Gasteiger charge is -2.23. The first-order valence-electron chi connectivity index (χ1n) is 6.85. The maximum Gasteiger partial charge on any atom is 0.269 e. The Hall–Kier alpha value is -1.27. The van der Waals surface area contributed by atoms with Gasteiger partial charge in [0.2, 0.25) is 0 Å². The average Bonchev–Trinajstić information content (AvgIpc) is 2.45. The van der Waals surface area contributed by atoms with Crippen molar-refractivity contribution in [2.24, 2.45) is 5.92 Å². The predicted molar refractivity (Wildman–Crippen MR) is 81.3 cm³/mol. The highest BCUT2D eigenvalue weighted by atomic mass is 32.2. The van der Waals surface area contributed by atoms with Gasteiger partial charge in [-0.1, -0.05) is 27.2 Å². The van der Waals surface area contributed by atoms with E-state index < -0.39 is 15.7 Å². The van der Waals surface area contributed by atoms with E-state index in [1.165, 1.54) is 12.1 Å². The minimum atomic E-state index is -1.14. The van der Waals surface area contributed by atoms with Gasteiger partial charge in [0, 0.05) is 28.8 Å². The van der Waals surface area contributed by atoms with Crippen LogP contribution in [0.1, 0.15) is 27.2 Å². The van der Waals surface area contributed by atoms with E-state index in [1.807, 2.05) is 6.92 Å². The summed E-state index contributed by atoms with van der Waals surface area (Å²) in [6.07, 6.45) is 1.02. The molecule has 1 N–H and O–H groups in total. The zero-order valence-electron chi connectivity index (χ0n) is 12.2. The highest BCUT2D eigenvalue weighted by molar-refractivity contribution is 7.85. The number of hydrogen-bond acceptors (Lipinski definition) is 4. The van der Waals surface area contributed by atoms with Crippen LogP contribution < -0.4 is 5.32 Å². The molecule has 0 saturated heterocycles. The largest absolute Gasteiger partial charge is 0.313 e. The van der Waals surface area contributed by atoms with Crippen LogP contribution in [0.4, 0.5) is 5.69 Å². The van der Waals surface area contributed by atoms with Crippen LogP contribution >= 0.6 is 0 Å². The summed E-state index contributed by atoms with van der Waals surface area (Å²) >= 11 is 0. The average molecular weight is 298 g/mol. The van der Waals surface area contributed by atoms with Crippen LogP contribution in [0.15, 0.2) is 29.2 Å². The van der Waals surface area contributed by atoms with Gasteiger partial charge in [-0.05, 0) is 24.6 Å². The number of rotatable bonds is 8. The third kappa shape index (κ3) is 4.68. The minimum absolute atomic E-state index is 0.0240. The number of nitro groups is 1. The van der Waals surface area contributed by atoms with E-state index in [0.29, 0.717) is 16.6 Å². The molecule has 5 nitrogen and oxygen atoms in total. The van der Waals surface area contributed by atoms with Crippen molar-refractivity contribution in [3.8, 4) is 0 Å². The zero-order valence-corrected chi connectivity index (χ0v) is 13.0. The van der Waals surface area contributed by atoms with Crippen molar-refractivity contribution < 1.29 is 9.13 Å². The Labute approximate surface area is 122 Å². The van der Waals surface area contributed by atoms with Gasteiger partial charge >= 0.3 is 0 Å². The van der Waals surface area contributed by atoms with E-state index in [1.54, 1.807) is 12.1 Å². The molecule has 0 heterocycles. The van der Waals surface area contributed by atoms with E-state index in [-0.39, 0.29) is 11.7 Å². The van der Waals surface area contributed by atoms with Gasteiger partial charge in [0.15, 0.2) is 0 Å². The third-order valence-electron chi connectivity index (χ3n) is 3.44. The topological polar surface area (TPSA) is 72.2 Å². The Kier molecular flexibility index (Phi) is 6.81. The lowest BCUT2D eigenvalue weighted by molar-refractivity contribution is -0.384. The first kappa shape index (κ1) is 16.8. The quantitative estimate of drug-likeness (QED) is 0.591. The third-order valence-corrected chi connectivity index (χ3v) is 4.90. The number of non-ortho nitro benzene ring substituents is 1. The summed E-state index contributed by atoms with van der Waals surface area (Å²) in [4.78, 5) is 10.8. The minimum Gasteiger partial charge on any atom is -0.313 e. The second-order valence-corrected chi connectivity index (χ2v) is 6.31. The van der Waals surface area contributed by atoms with Crippen molar-refractivity contribution in [3.05, 3.63) is 34.4 Å². The molecular weight excluding hydrogens is 276 g/mol. The van der Waals surface area contributed by atoms with Crippen molar-refractivity contribution in [3.63, 3.8) is 0 Å². The molecule has 0 radical (unpaired) electrons. The van der Waals surface area contributed by atoms with Crippen LogP contribution in [0.5, 0.6) is 0 Å². The molecule has 0 aromatic heterocycles. The van der Waals surface area contributed by atoms with E-state index >= 15 is 0 Å².